The molecule has 3 atom stereocenters. The summed E-state index contributed by atoms with van der Waals surface area (Å²) >= 11 is 0. The van der Waals surface area contributed by atoms with E-state index in [1.807, 2.05) is 0 Å². The number of carbonyl (C=O) groups is 1. The smallest absolute Gasteiger partial charge is 0.237 e. The van der Waals surface area contributed by atoms with Crippen LogP contribution in [0.4, 0.5) is 0 Å². The zero-order chi connectivity index (χ0) is 12.0. The summed E-state index contributed by atoms with van der Waals surface area (Å²) in [6.45, 7) is 7.43. The van der Waals surface area contributed by atoms with E-state index in [1.54, 1.807) is 0 Å². The highest BCUT2D eigenvalue weighted by Crippen LogP contribution is 2.10. The molecule has 1 aliphatic rings. The highest BCUT2D eigenvalue weighted by atomic mass is 16.2. The first-order valence-corrected chi connectivity index (χ1v) is 6.69. The first-order chi connectivity index (χ1) is 7.65. The van der Waals surface area contributed by atoms with Crippen molar-refractivity contribution in [3.63, 3.8) is 0 Å². The minimum atomic E-state index is 0.0361. The molecule has 2 N–H and O–H groups in total. The molecule has 0 spiro atoms. The van der Waals surface area contributed by atoms with E-state index in [-0.39, 0.29) is 18.0 Å². The molecule has 0 aromatic carbocycles. The van der Waals surface area contributed by atoms with Gasteiger partial charge in [-0.3, -0.25) is 4.79 Å². The Balaban J connectivity index is 2.37. The summed E-state index contributed by atoms with van der Waals surface area (Å²) in [5.74, 6) is 0.740. The molecule has 3 nitrogen and oxygen atoms in total. The highest BCUT2D eigenvalue weighted by molar-refractivity contribution is 5.82. The van der Waals surface area contributed by atoms with Crippen molar-refractivity contribution in [1.29, 1.82) is 0 Å². The average Bonchev–Trinajstić information content (AvgIpc) is 2.56. The van der Waals surface area contributed by atoms with Gasteiger partial charge in [0.25, 0.3) is 0 Å². The van der Waals surface area contributed by atoms with E-state index in [4.69, 9.17) is 0 Å². The van der Waals surface area contributed by atoms with Gasteiger partial charge in [0.2, 0.25) is 5.91 Å². The lowest BCUT2D eigenvalue weighted by molar-refractivity contribution is -0.124. The third kappa shape index (κ3) is 4.12. The number of rotatable bonds is 4. The first-order valence-electron chi connectivity index (χ1n) is 6.69. The molecule has 0 radical (unpaired) electrons. The summed E-state index contributed by atoms with van der Waals surface area (Å²) < 4.78 is 0. The lowest BCUT2D eigenvalue weighted by Gasteiger charge is -2.23. The van der Waals surface area contributed by atoms with Gasteiger partial charge in [-0.2, -0.15) is 0 Å². The fraction of sp³-hybridized carbons (Fsp3) is 0.923. The lowest BCUT2D eigenvalue weighted by atomic mass is 10.0. The van der Waals surface area contributed by atoms with Crippen molar-refractivity contribution in [3.8, 4) is 0 Å². The monoisotopic (exact) mass is 226 g/mol. The third-order valence-electron chi connectivity index (χ3n) is 3.74. The van der Waals surface area contributed by atoms with E-state index in [9.17, 15) is 4.79 Å². The van der Waals surface area contributed by atoms with Crippen LogP contribution in [0.2, 0.25) is 0 Å². The van der Waals surface area contributed by atoms with Crippen LogP contribution in [0.1, 0.15) is 52.9 Å². The van der Waals surface area contributed by atoms with Crippen molar-refractivity contribution in [3.05, 3.63) is 0 Å². The molecule has 1 heterocycles. The van der Waals surface area contributed by atoms with Gasteiger partial charge < -0.3 is 10.6 Å². The van der Waals surface area contributed by atoms with Crippen LogP contribution in [0.5, 0.6) is 0 Å². The van der Waals surface area contributed by atoms with Crippen LogP contribution >= 0.6 is 0 Å². The van der Waals surface area contributed by atoms with Crippen LogP contribution in [0.25, 0.3) is 0 Å². The van der Waals surface area contributed by atoms with Gasteiger partial charge in [-0.05, 0) is 32.2 Å². The van der Waals surface area contributed by atoms with E-state index >= 15 is 0 Å². The molecule has 3 unspecified atom stereocenters. The summed E-state index contributed by atoms with van der Waals surface area (Å²) in [7, 11) is 0. The van der Waals surface area contributed by atoms with Crippen molar-refractivity contribution in [2.75, 3.05) is 6.54 Å². The molecule has 1 rings (SSSR count). The van der Waals surface area contributed by atoms with Crippen molar-refractivity contribution < 1.29 is 4.79 Å². The van der Waals surface area contributed by atoms with Crippen LogP contribution in [-0.4, -0.2) is 24.5 Å². The zero-order valence-electron chi connectivity index (χ0n) is 10.9. The molecule has 1 aliphatic heterocycles. The van der Waals surface area contributed by atoms with Crippen molar-refractivity contribution >= 4 is 5.91 Å². The Hall–Kier alpha value is -0.570. The quantitative estimate of drug-likeness (QED) is 0.770. The molecule has 0 bridgehead atoms. The minimum Gasteiger partial charge on any atom is -0.352 e. The average molecular weight is 226 g/mol. The standard InChI is InChI=1S/C13H26N2O/c1-4-10(2)11(3)15-13(16)12-8-6-5-7-9-14-12/h10-12,14H,4-9H2,1-3H3,(H,15,16). The molecule has 0 aromatic rings. The third-order valence-corrected chi connectivity index (χ3v) is 3.74. The number of amides is 1. The normalized spacial score (nSPS) is 25.6. The van der Waals surface area contributed by atoms with Crippen LogP contribution in [0, 0.1) is 5.92 Å². The molecule has 0 aromatic heterocycles. The second-order valence-corrected chi connectivity index (χ2v) is 5.04. The molecular formula is C13H26N2O. The topological polar surface area (TPSA) is 41.1 Å². The van der Waals surface area contributed by atoms with Crippen molar-refractivity contribution in [2.24, 2.45) is 5.92 Å². The van der Waals surface area contributed by atoms with Gasteiger partial charge in [-0.25, -0.2) is 0 Å². The summed E-state index contributed by atoms with van der Waals surface area (Å²) in [5.41, 5.74) is 0. The maximum atomic E-state index is 12.0. The van der Waals surface area contributed by atoms with Crippen molar-refractivity contribution in [2.45, 2.75) is 65.0 Å². The molecule has 0 saturated carbocycles. The molecule has 1 saturated heterocycles. The predicted molar refractivity (Wildman–Crippen MR) is 67.3 cm³/mol. The second kappa shape index (κ2) is 6.89. The SMILES string of the molecule is CCC(C)C(C)NC(=O)C1CCCCCN1. The van der Waals surface area contributed by atoms with Crippen molar-refractivity contribution in [1.82, 2.24) is 10.6 Å². The van der Waals surface area contributed by atoms with Gasteiger partial charge in [0.15, 0.2) is 0 Å². The van der Waals surface area contributed by atoms with Gasteiger partial charge in [0.1, 0.15) is 0 Å². The molecule has 94 valence electrons. The Morgan fingerprint density at radius 2 is 2.12 bits per heavy atom. The second-order valence-electron chi connectivity index (χ2n) is 5.04. The van der Waals surface area contributed by atoms with Gasteiger partial charge >= 0.3 is 0 Å². The fourth-order valence-corrected chi connectivity index (χ4v) is 2.07. The van der Waals surface area contributed by atoms with E-state index in [0.717, 1.165) is 19.4 Å². The van der Waals surface area contributed by atoms with Crippen LogP contribution < -0.4 is 10.6 Å². The van der Waals surface area contributed by atoms with Gasteiger partial charge in [0, 0.05) is 6.04 Å². The summed E-state index contributed by atoms with van der Waals surface area (Å²) in [4.78, 5) is 12.0. The van der Waals surface area contributed by atoms with E-state index in [2.05, 4.69) is 31.4 Å². The minimum absolute atomic E-state index is 0.0361. The number of nitrogens with one attached hydrogen (secondary N) is 2. The van der Waals surface area contributed by atoms with Gasteiger partial charge in [0.05, 0.1) is 6.04 Å². The molecule has 0 aliphatic carbocycles. The molecule has 16 heavy (non-hydrogen) atoms. The van der Waals surface area contributed by atoms with Crippen LogP contribution in [-0.2, 0) is 4.79 Å². The summed E-state index contributed by atoms with van der Waals surface area (Å²) in [6.07, 6.45) is 5.71. The first kappa shape index (κ1) is 13.5. The Labute approximate surface area is 99.4 Å². The Kier molecular flexibility index (Phi) is 5.81. The molecule has 3 heteroatoms. The van der Waals surface area contributed by atoms with E-state index in [1.165, 1.54) is 19.3 Å². The number of carbonyl (C=O) groups excluding carboxylic acids is 1. The largest absolute Gasteiger partial charge is 0.352 e. The van der Waals surface area contributed by atoms with Crippen LogP contribution in [0.15, 0.2) is 0 Å². The van der Waals surface area contributed by atoms with Crippen LogP contribution in [0.3, 0.4) is 0 Å². The molecular weight excluding hydrogens is 200 g/mol. The molecule has 1 fully saturated rings. The number of hydrogen-bond acceptors (Lipinski definition) is 2. The van der Waals surface area contributed by atoms with Gasteiger partial charge in [-0.1, -0.05) is 33.1 Å². The maximum absolute atomic E-state index is 12.0. The molecule has 1 amide bonds. The predicted octanol–water partition coefficient (Wildman–Crippen LogP) is 2.07. The maximum Gasteiger partial charge on any atom is 0.237 e. The Morgan fingerprint density at radius 3 is 2.81 bits per heavy atom. The Morgan fingerprint density at radius 1 is 1.38 bits per heavy atom. The number of hydrogen-bond donors (Lipinski definition) is 2. The van der Waals surface area contributed by atoms with Gasteiger partial charge in [-0.15, -0.1) is 0 Å². The summed E-state index contributed by atoms with van der Waals surface area (Å²) in [5, 5.41) is 6.46. The van der Waals surface area contributed by atoms with E-state index < -0.39 is 0 Å². The fourth-order valence-electron chi connectivity index (χ4n) is 2.07. The summed E-state index contributed by atoms with van der Waals surface area (Å²) in [6, 6.07) is 0.316. The van der Waals surface area contributed by atoms with E-state index in [0.29, 0.717) is 5.92 Å². The highest BCUT2D eigenvalue weighted by Gasteiger charge is 2.21. The zero-order valence-corrected chi connectivity index (χ0v) is 10.9. The Bertz CT molecular complexity index is 210. The lowest BCUT2D eigenvalue weighted by Crippen LogP contribution is -2.48.